The molecule has 0 radical (unpaired) electrons. The first-order chi connectivity index (χ1) is 12.5. The van der Waals surface area contributed by atoms with Crippen molar-refractivity contribution in [2.24, 2.45) is 12.0 Å². The summed E-state index contributed by atoms with van der Waals surface area (Å²) in [5, 5.41) is 6.68. The molecule has 1 aliphatic rings. The van der Waals surface area contributed by atoms with Crippen molar-refractivity contribution in [2.45, 2.75) is 0 Å². The molecule has 0 saturated carbocycles. The third-order valence-corrected chi connectivity index (χ3v) is 4.39. The number of rotatable bonds is 5. The smallest absolute Gasteiger partial charge is 0.289 e. The molecule has 0 aliphatic carbocycles. The number of carbonyl (C=O) groups is 1. The lowest BCUT2D eigenvalue weighted by molar-refractivity contribution is 0.265. The molecule has 8 nitrogen and oxygen atoms in total. The van der Waals surface area contributed by atoms with Crippen LogP contribution >= 0.6 is 11.8 Å². The lowest BCUT2D eigenvalue weighted by Gasteiger charge is -2.12. The highest BCUT2D eigenvalue weighted by atomic mass is 32.2. The van der Waals surface area contributed by atoms with E-state index >= 15 is 0 Å². The number of benzene rings is 1. The number of ether oxygens (including phenoxy) is 3. The molecule has 2 aromatic rings. The molecule has 1 amide bonds. The van der Waals surface area contributed by atoms with Gasteiger partial charge in [0.15, 0.2) is 11.5 Å². The molecular formula is C17H18N4O4S. The van der Waals surface area contributed by atoms with Crippen LogP contribution in [0.2, 0.25) is 0 Å². The Morgan fingerprint density at radius 1 is 1.19 bits per heavy atom. The van der Waals surface area contributed by atoms with Gasteiger partial charge in [-0.3, -0.25) is 9.48 Å². The minimum absolute atomic E-state index is 0.189. The van der Waals surface area contributed by atoms with E-state index in [0.29, 0.717) is 33.7 Å². The van der Waals surface area contributed by atoms with E-state index in [9.17, 15) is 4.79 Å². The molecule has 1 fully saturated rings. The second kappa shape index (κ2) is 7.52. The van der Waals surface area contributed by atoms with Gasteiger partial charge in [0.05, 0.1) is 38.1 Å². The van der Waals surface area contributed by atoms with Gasteiger partial charge in [-0.25, -0.2) is 4.99 Å². The molecule has 2 heterocycles. The summed E-state index contributed by atoms with van der Waals surface area (Å²) in [6.45, 7) is 0. The third-order valence-electron chi connectivity index (χ3n) is 3.57. The van der Waals surface area contributed by atoms with Crippen LogP contribution in [-0.2, 0) is 7.05 Å². The summed E-state index contributed by atoms with van der Waals surface area (Å²) < 4.78 is 17.7. The standard InChI is InChI=1S/C17H18N4O4S/c1-21-9-10(8-18-21)5-14-16(20-17(22)26-14)19-11-6-12(23-2)15(25-4)13(7-11)24-3/h5-9H,1-4H3,(H,19,20,22). The number of aliphatic imine (C=N–C) groups is 1. The SMILES string of the molecule is COc1cc(N=C2NC(=O)SC2=Cc2cnn(C)c2)cc(OC)c1OC. The number of nitrogens with zero attached hydrogens (tertiary/aromatic N) is 3. The second-order valence-electron chi connectivity index (χ2n) is 5.31. The van der Waals surface area contributed by atoms with Crippen molar-refractivity contribution in [2.75, 3.05) is 21.3 Å². The van der Waals surface area contributed by atoms with Crippen LogP contribution in [0.25, 0.3) is 6.08 Å². The van der Waals surface area contributed by atoms with Crippen LogP contribution in [-0.4, -0.2) is 42.2 Å². The number of methoxy groups -OCH3 is 3. The number of nitrogens with one attached hydrogen (secondary N) is 1. The fourth-order valence-electron chi connectivity index (χ4n) is 2.44. The molecule has 0 spiro atoms. The molecular weight excluding hydrogens is 356 g/mol. The van der Waals surface area contributed by atoms with Crippen molar-refractivity contribution in [3.05, 3.63) is 35.0 Å². The summed E-state index contributed by atoms with van der Waals surface area (Å²) in [5.41, 5.74) is 1.44. The van der Waals surface area contributed by atoms with E-state index in [-0.39, 0.29) is 5.24 Å². The molecule has 9 heteroatoms. The summed E-state index contributed by atoms with van der Waals surface area (Å²) in [4.78, 5) is 17.1. The van der Waals surface area contributed by atoms with Crippen molar-refractivity contribution in [1.29, 1.82) is 0 Å². The van der Waals surface area contributed by atoms with Gasteiger partial charge in [-0.15, -0.1) is 0 Å². The quantitative estimate of drug-likeness (QED) is 0.866. The second-order valence-corrected chi connectivity index (χ2v) is 6.33. The van der Waals surface area contributed by atoms with Crippen LogP contribution in [0.1, 0.15) is 5.56 Å². The molecule has 1 saturated heterocycles. The average Bonchev–Trinajstić information content (AvgIpc) is 3.19. The zero-order valence-electron chi connectivity index (χ0n) is 14.8. The van der Waals surface area contributed by atoms with E-state index in [1.165, 1.54) is 21.3 Å². The fourth-order valence-corrected chi connectivity index (χ4v) is 3.18. The molecule has 0 unspecified atom stereocenters. The van der Waals surface area contributed by atoms with Gasteiger partial charge in [0, 0.05) is 30.9 Å². The number of amidine groups is 1. The molecule has 1 N–H and O–H groups in total. The lowest BCUT2D eigenvalue weighted by atomic mass is 10.2. The van der Waals surface area contributed by atoms with Gasteiger partial charge in [0.2, 0.25) is 5.75 Å². The maximum absolute atomic E-state index is 11.8. The Hall–Kier alpha value is -2.94. The van der Waals surface area contributed by atoms with E-state index in [1.807, 2.05) is 19.3 Å². The van der Waals surface area contributed by atoms with Crippen LogP contribution in [0.3, 0.4) is 0 Å². The summed E-state index contributed by atoms with van der Waals surface area (Å²) >= 11 is 1.08. The van der Waals surface area contributed by atoms with Crippen LogP contribution < -0.4 is 19.5 Å². The number of thioether (sulfide) groups is 1. The van der Waals surface area contributed by atoms with Gasteiger partial charge in [0.1, 0.15) is 5.84 Å². The van der Waals surface area contributed by atoms with Crippen molar-refractivity contribution in [3.63, 3.8) is 0 Å². The number of amides is 1. The van der Waals surface area contributed by atoms with Crippen molar-refractivity contribution < 1.29 is 19.0 Å². The first kappa shape index (κ1) is 17.9. The van der Waals surface area contributed by atoms with E-state index < -0.39 is 0 Å². The van der Waals surface area contributed by atoms with E-state index in [2.05, 4.69) is 15.4 Å². The predicted octanol–water partition coefficient (Wildman–Crippen LogP) is 2.97. The van der Waals surface area contributed by atoms with Crippen molar-refractivity contribution >= 4 is 34.6 Å². The molecule has 0 atom stereocenters. The summed E-state index contributed by atoms with van der Waals surface area (Å²) in [6, 6.07) is 3.43. The number of carbonyl (C=O) groups excluding carboxylic acids is 1. The minimum Gasteiger partial charge on any atom is -0.493 e. The number of hydrogen-bond donors (Lipinski definition) is 1. The Bertz CT molecular complexity index is 879. The number of aromatic nitrogens is 2. The van der Waals surface area contributed by atoms with Crippen LogP contribution in [0, 0.1) is 0 Å². The van der Waals surface area contributed by atoms with Gasteiger partial charge in [-0.2, -0.15) is 5.10 Å². The molecule has 1 aromatic heterocycles. The first-order valence-corrected chi connectivity index (χ1v) is 8.44. The van der Waals surface area contributed by atoms with E-state index in [1.54, 1.807) is 23.0 Å². The van der Waals surface area contributed by atoms with E-state index in [0.717, 1.165) is 17.3 Å². The monoisotopic (exact) mass is 374 g/mol. The van der Waals surface area contributed by atoms with Gasteiger partial charge < -0.3 is 19.5 Å². The molecule has 136 valence electrons. The Balaban J connectivity index is 2.02. The molecule has 3 rings (SSSR count). The maximum atomic E-state index is 11.8. The molecule has 26 heavy (non-hydrogen) atoms. The summed E-state index contributed by atoms with van der Waals surface area (Å²) in [5.74, 6) is 1.91. The Labute approximate surface area is 154 Å². The van der Waals surface area contributed by atoms with Gasteiger partial charge in [-0.1, -0.05) is 0 Å². The normalized spacial score (nSPS) is 16.8. The summed E-state index contributed by atoms with van der Waals surface area (Å²) in [7, 11) is 6.44. The highest BCUT2D eigenvalue weighted by molar-refractivity contribution is 8.18. The van der Waals surface area contributed by atoms with Gasteiger partial charge in [0.25, 0.3) is 5.24 Å². The number of aryl methyl sites for hydroxylation is 1. The Kier molecular flexibility index (Phi) is 5.17. The Morgan fingerprint density at radius 3 is 2.42 bits per heavy atom. The first-order valence-electron chi connectivity index (χ1n) is 7.62. The zero-order chi connectivity index (χ0) is 18.7. The van der Waals surface area contributed by atoms with Crippen molar-refractivity contribution in [1.82, 2.24) is 15.1 Å². The van der Waals surface area contributed by atoms with E-state index in [4.69, 9.17) is 14.2 Å². The summed E-state index contributed by atoms with van der Waals surface area (Å²) in [6.07, 6.45) is 5.42. The number of hydrogen-bond acceptors (Lipinski definition) is 7. The topological polar surface area (TPSA) is 87.0 Å². The van der Waals surface area contributed by atoms with Crippen LogP contribution in [0.5, 0.6) is 17.2 Å². The third kappa shape index (κ3) is 3.67. The molecule has 0 bridgehead atoms. The van der Waals surface area contributed by atoms with Gasteiger partial charge >= 0.3 is 0 Å². The average molecular weight is 374 g/mol. The minimum atomic E-state index is -0.189. The molecule has 1 aromatic carbocycles. The van der Waals surface area contributed by atoms with Crippen LogP contribution in [0.15, 0.2) is 34.4 Å². The highest BCUT2D eigenvalue weighted by Gasteiger charge is 2.24. The largest absolute Gasteiger partial charge is 0.493 e. The Morgan fingerprint density at radius 2 is 1.88 bits per heavy atom. The molecule has 1 aliphatic heterocycles. The van der Waals surface area contributed by atoms with Gasteiger partial charge in [-0.05, 0) is 17.8 Å². The highest BCUT2D eigenvalue weighted by Crippen LogP contribution is 2.41. The van der Waals surface area contributed by atoms with Crippen LogP contribution in [0.4, 0.5) is 10.5 Å². The van der Waals surface area contributed by atoms with Crippen molar-refractivity contribution in [3.8, 4) is 17.2 Å². The predicted molar refractivity (Wildman–Crippen MR) is 101 cm³/mol. The fraction of sp³-hybridized carbons (Fsp3) is 0.235. The maximum Gasteiger partial charge on any atom is 0.289 e. The lowest BCUT2D eigenvalue weighted by Crippen LogP contribution is -2.18. The zero-order valence-corrected chi connectivity index (χ0v) is 15.6.